The number of halogens is 2. The van der Waals surface area contributed by atoms with E-state index in [1.54, 1.807) is 0 Å². The van der Waals surface area contributed by atoms with Gasteiger partial charge in [-0.05, 0) is 31.2 Å². The molecule has 1 amide bonds. The first-order chi connectivity index (χ1) is 11.8. The Morgan fingerprint density at radius 2 is 1.88 bits per heavy atom. The summed E-state index contributed by atoms with van der Waals surface area (Å²) in [5, 5.41) is 0. The van der Waals surface area contributed by atoms with Crippen LogP contribution in [0.3, 0.4) is 0 Å². The lowest BCUT2D eigenvalue weighted by molar-refractivity contribution is 0.0953. The van der Waals surface area contributed by atoms with Gasteiger partial charge in [0.1, 0.15) is 11.6 Å². The normalized spacial score (nSPS) is 11.2. The molecule has 0 aliphatic carbocycles. The van der Waals surface area contributed by atoms with Gasteiger partial charge in [-0.25, -0.2) is 23.0 Å². The van der Waals surface area contributed by atoms with Gasteiger partial charge in [-0.15, -0.1) is 0 Å². The molecule has 1 aromatic heterocycles. The van der Waals surface area contributed by atoms with Crippen molar-refractivity contribution in [2.75, 3.05) is 10.1 Å². The van der Waals surface area contributed by atoms with Crippen molar-refractivity contribution >= 4 is 21.6 Å². The molecule has 2 rings (SSSR count). The van der Waals surface area contributed by atoms with Gasteiger partial charge in [0.2, 0.25) is 10.0 Å². The lowest BCUT2D eigenvalue weighted by Crippen LogP contribution is -2.32. The van der Waals surface area contributed by atoms with Gasteiger partial charge < -0.3 is 0 Å². The molecule has 7 nitrogen and oxygen atoms in total. The number of nitrogen functional groups attached to an aromatic ring is 1. The third-order valence-corrected chi connectivity index (χ3v) is 5.10. The van der Waals surface area contributed by atoms with E-state index in [1.165, 1.54) is 25.3 Å². The molecule has 0 spiro atoms. The summed E-state index contributed by atoms with van der Waals surface area (Å²) in [5.41, 5.74) is 2.27. The van der Waals surface area contributed by atoms with Crippen LogP contribution in [-0.4, -0.2) is 25.1 Å². The molecule has 0 atom stereocenters. The summed E-state index contributed by atoms with van der Waals surface area (Å²) < 4.78 is 52.4. The summed E-state index contributed by atoms with van der Waals surface area (Å²) in [6, 6.07) is 5.34. The topological polar surface area (TPSA) is 105 Å². The number of hydrogen-bond acceptors (Lipinski definition) is 5. The van der Waals surface area contributed by atoms with Crippen molar-refractivity contribution in [2.45, 2.75) is 13.5 Å². The number of amides is 1. The zero-order valence-electron chi connectivity index (χ0n) is 13.2. The number of nitrogens with one attached hydrogen (secondary N) is 1. The highest BCUT2D eigenvalue weighted by atomic mass is 32.2. The fraction of sp³-hybridized carbons (Fsp3) is 0.200. The van der Waals surface area contributed by atoms with E-state index in [9.17, 15) is 22.0 Å². The molecule has 10 heteroatoms. The lowest BCUT2D eigenvalue weighted by atomic mass is 10.2. The quantitative estimate of drug-likeness (QED) is 0.453. The van der Waals surface area contributed by atoms with Gasteiger partial charge in [0.05, 0.1) is 29.2 Å². The van der Waals surface area contributed by atoms with Gasteiger partial charge in [-0.1, -0.05) is 0 Å². The second-order valence-corrected chi connectivity index (χ2v) is 7.23. The molecule has 2 aromatic rings. The van der Waals surface area contributed by atoms with Gasteiger partial charge in [-0.3, -0.25) is 19.5 Å². The van der Waals surface area contributed by atoms with E-state index in [0.29, 0.717) is 6.07 Å². The number of rotatable bonds is 6. The number of aromatic nitrogens is 1. The van der Waals surface area contributed by atoms with Crippen molar-refractivity contribution < 1.29 is 22.0 Å². The first kappa shape index (κ1) is 18.7. The molecule has 1 heterocycles. The van der Waals surface area contributed by atoms with E-state index in [1.807, 2.05) is 5.43 Å². The van der Waals surface area contributed by atoms with Crippen molar-refractivity contribution in [3.05, 3.63) is 59.4 Å². The van der Waals surface area contributed by atoms with Crippen LogP contribution in [0.4, 0.5) is 14.5 Å². The first-order valence-corrected chi connectivity index (χ1v) is 8.80. The summed E-state index contributed by atoms with van der Waals surface area (Å²) in [6.45, 7) is 1.17. The molecular weight excluding hydrogens is 354 g/mol. The van der Waals surface area contributed by atoms with Crippen molar-refractivity contribution in [1.29, 1.82) is 0 Å². The molecule has 25 heavy (non-hydrogen) atoms. The zero-order valence-corrected chi connectivity index (χ0v) is 14.1. The number of carbonyl (C=O) groups is 1. The van der Waals surface area contributed by atoms with Crippen molar-refractivity contribution in [3.8, 4) is 0 Å². The molecule has 1 aromatic carbocycles. The van der Waals surface area contributed by atoms with Gasteiger partial charge >= 0.3 is 0 Å². The van der Waals surface area contributed by atoms with E-state index in [0.717, 1.165) is 16.4 Å². The molecular formula is C15H16F2N4O3S. The highest BCUT2D eigenvalue weighted by Gasteiger charge is 2.23. The van der Waals surface area contributed by atoms with Crippen LogP contribution < -0.4 is 15.6 Å². The summed E-state index contributed by atoms with van der Waals surface area (Å²) >= 11 is 0. The minimum Gasteiger partial charge on any atom is -0.290 e. The largest absolute Gasteiger partial charge is 0.290 e. The average Bonchev–Trinajstić information content (AvgIpc) is 2.58. The second kappa shape index (κ2) is 7.53. The van der Waals surface area contributed by atoms with Crippen LogP contribution in [0, 0.1) is 11.6 Å². The van der Waals surface area contributed by atoms with E-state index < -0.39 is 27.6 Å². The number of benzene rings is 1. The average molecular weight is 370 g/mol. The fourth-order valence-electron chi connectivity index (χ4n) is 2.07. The highest BCUT2D eigenvalue weighted by molar-refractivity contribution is 7.92. The van der Waals surface area contributed by atoms with Gasteiger partial charge in [0.15, 0.2) is 0 Å². The monoisotopic (exact) mass is 370 g/mol. The second-order valence-electron chi connectivity index (χ2n) is 5.05. The summed E-state index contributed by atoms with van der Waals surface area (Å²) in [6.07, 6.45) is 1.22. The molecule has 0 aliphatic heterocycles. The van der Waals surface area contributed by atoms with E-state index in [4.69, 9.17) is 5.84 Å². The maximum atomic E-state index is 13.5. The van der Waals surface area contributed by atoms with Gasteiger partial charge in [0.25, 0.3) is 5.91 Å². The molecule has 0 saturated carbocycles. The number of hydrazine groups is 1. The molecule has 0 fully saturated rings. The lowest BCUT2D eigenvalue weighted by Gasteiger charge is -2.23. The number of hydrogen-bond donors (Lipinski definition) is 2. The smallest absolute Gasteiger partial charge is 0.266 e. The third kappa shape index (κ3) is 4.48. The number of sulfonamides is 1. The third-order valence-electron chi connectivity index (χ3n) is 3.36. The Kier molecular flexibility index (Phi) is 5.65. The van der Waals surface area contributed by atoms with E-state index in [2.05, 4.69) is 4.98 Å². The minimum atomic E-state index is -3.82. The number of carbonyl (C=O) groups excluding carboxylic acids is 1. The molecule has 134 valence electrons. The predicted octanol–water partition coefficient (Wildman–Crippen LogP) is 1.32. The van der Waals surface area contributed by atoms with Crippen LogP contribution in [0.2, 0.25) is 0 Å². The number of nitrogens with two attached hydrogens (primary N) is 1. The molecule has 0 aliphatic rings. The standard InChI is InChI=1S/C15H16F2N4O3S/c1-2-25(23,24)21(14-6-11(16)5-12(17)7-14)9-13-4-3-10(8-19-13)15(22)20-18/h3-8H,2,9,18H2,1H3,(H,20,22). The number of anilines is 1. The van der Waals surface area contributed by atoms with Crippen LogP contribution in [-0.2, 0) is 16.6 Å². The van der Waals surface area contributed by atoms with Crippen molar-refractivity contribution in [2.24, 2.45) is 5.84 Å². The van der Waals surface area contributed by atoms with E-state index in [-0.39, 0.29) is 29.2 Å². The van der Waals surface area contributed by atoms with Crippen LogP contribution in [0.5, 0.6) is 0 Å². The SMILES string of the molecule is CCS(=O)(=O)N(Cc1ccc(C(=O)NN)cn1)c1cc(F)cc(F)c1. The molecule has 0 radical (unpaired) electrons. The van der Waals surface area contributed by atoms with Gasteiger partial charge in [-0.2, -0.15) is 0 Å². The van der Waals surface area contributed by atoms with Crippen molar-refractivity contribution in [3.63, 3.8) is 0 Å². The van der Waals surface area contributed by atoms with E-state index >= 15 is 0 Å². The Hall–Kier alpha value is -2.59. The Morgan fingerprint density at radius 1 is 1.24 bits per heavy atom. The Labute approximate surface area is 143 Å². The summed E-state index contributed by atoms with van der Waals surface area (Å²) in [5.74, 6) is 2.41. The Balaban J connectivity index is 2.39. The summed E-state index contributed by atoms with van der Waals surface area (Å²) in [7, 11) is -3.82. The minimum absolute atomic E-state index is 0.148. The maximum absolute atomic E-state index is 13.5. The first-order valence-electron chi connectivity index (χ1n) is 7.19. The zero-order chi connectivity index (χ0) is 18.6. The summed E-state index contributed by atoms with van der Waals surface area (Å²) in [4.78, 5) is 15.4. The predicted molar refractivity (Wildman–Crippen MR) is 87.9 cm³/mol. The molecule has 0 unspecified atom stereocenters. The van der Waals surface area contributed by atoms with Crippen LogP contribution in [0.1, 0.15) is 23.0 Å². The molecule has 3 N–H and O–H groups in total. The van der Waals surface area contributed by atoms with Crippen LogP contribution in [0.15, 0.2) is 36.5 Å². The Morgan fingerprint density at radius 3 is 2.36 bits per heavy atom. The van der Waals surface area contributed by atoms with Crippen molar-refractivity contribution in [1.82, 2.24) is 10.4 Å². The molecule has 0 bridgehead atoms. The van der Waals surface area contributed by atoms with Crippen LogP contribution in [0.25, 0.3) is 0 Å². The molecule has 0 saturated heterocycles. The number of pyridine rings is 1. The van der Waals surface area contributed by atoms with Crippen LogP contribution >= 0.6 is 0 Å². The van der Waals surface area contributed by atoms with Gasteiger partial charge in [0, 0.05) is 12.3 Å². The maximum Gasteiger partial charge on any atom is 0.266 e. The highest BCUT2D eigenvalue weighted by Crippen LogP contribution is 2.23. The Bertz CT molecular complexity index is 853. The number of nitrogens with zero attached hydrogens (tertiary/aromatic N) is 2. The fourth-order valence-corrected chi connectivity index (χ4v) is 3.14.